The van der Waals surface area contributed by atoms with Gasteiger partial charge in [0.05, 0.1) is 5.69 Å². The van der Waals surface area contributed by atoms with Crippen LogP contribution in [0.15, 0.2) is 18.5 Å². The minimum atomic E-state index is 0.0868. The quantitative estimate of drug-likeness (QED) is 0.729. The maximum atomic E-state index is 11.1. The molecule has 0 aliphatic carbocycles. The predicted molar refractivity (Wildman–Crippen MR) is 49.0 cm³/mol. The summed E-state index contributed by atoms with van der Waals surface area (Å²) in [7, 11) is 1.93. The Kier molecular flexibility index (Phi) is 2.91. The molecule has 0 saturated heterocycles. The number of nitrogens with zero attached hydrogens (tertiary/aromatic N) is 1. The summed E-state index contributed by atoms with van der Waals surface area (Å²) >= 11 is 0. The second kappa shape index (κ2) is 3.95. The number of rotatable bonds is 3. The molecule has 0 radical (unpaired) electrons. The van der Waals surface area contributed by atoms with Crippen LogP contribution in [0.3, 0.4) is 0 Å². The Hall–Kier alpha value is -1.25. The van der Waals surface area contributed by atoms with Gasteiger partial charge < -0.3 is 9.88 Å². The fraction of sp³-hybridized carbons (Fsp3) is 0.444. The summed E-state index contributed by atoms with van der Waals surface area (Å²) in [5.74, 6) is 0.0868. The number of aryl methyl sites for hydroxylation is 1. The first-order valence-electron chi connectivity index (χ1n) is 4.14. The molecule has 0 aliphatic heterocycles. The molecule has 1 aromatic rings. The van der Waals surface area contributed by atoms with E-state index in [2.05, 4.69) is 5.32 Å². The molecule has 1 heterocycles. The van der Waals surface area contributed by atoms with E-state index in [-0.39, 0.29) is 5.91 Å². The van der Waals surface area contributed by atoms with E-state index < -0.39 is 0 Å². The SMILES string of the molecule is CCCC(=O)Nc1ccn(C)c1. The van der Waals surface area contributed by atoms with E-state index in [1.807, 2.05) is 37.0 Å². The van der Waals surface area contributed by atoms with Crippen LogP contribution < -0.4 is 5.32 Å². The van der Waals surface area contributed by atoms with Crippen LogP contribution in [0.2, 0.25) is 0 Å². The third-order valence-corrected chi connectivity index (χ3v) is 1.59. The smallest absolute Gasteiger partial charge is 0.224 e. The molecule has 1 aromatic heterocycles. The van der Waals surface area contributed by atoms with Crippen LogP contribution in [0.1, 0.15) is 19.8 Å². The number of anilines is 1. The monoisotopic (exact) mass is 166 g/mol. The Labute approximate surface area is 72.4 Å². The van der Waals surface area contributed by atoms with E-state index in [4.69, 9.17) is 0 Å². The number of hydrogen-bond donors (Lipinski definition) is 1. The molecule has 1 amide bonds. The lowest BCUT2D eigenvalue weighted by atomic mass is 10.3. The van der Waals surface area contributed by atoms with Gasteiger partial charge in [-0.2, -0.15) is 0 Å². The van der Waals surface area contributed by atoms with Crippen LogP contribution in [-0.4, -0.2) is 10.5 Å². The first-order valence-corrected chi connectivity index (χ1v) is 4.14. The highest BCUT2D eigenvalue weighted by atomic mass is 16.1. The van der Waals surface area contributed by atoms with Gasteiger partial charge in [-0.15, -0.1) is 0 Å². The minimum absolute atomic E-state index is 0.0868. The summed E-state index contributed by atoms with van der Waals surface area (Å²) < 4.78 is 1.90. The van der Waals surface area contributed by atoms with Crippen molar-refractivity contribution < 1.29 is 4.79 Å². The summed E-state index contributed by atoms with van der Waals surface area (Å²) in [4.78, 5) is 11.1. The lowest BCUT2D eigenvalue weighted by molar-refractivity contribution is -0.116. The van der Waals surface area contributed by atoms with Crippen molar-refractivity contribution in [1.29, 1.82) is 0 Å². The molecule has 0 bridgehead atoms. The molecule has 0 aliphatic rings. The van der Waals surface area contributed by atoms with Gasteiger partial charge in [-0.3, -0.25) is 4.79 Å². The van der Waals surface area contributed by atoms with Crippen molar-refractivity contribution in [2.45, 2.75) is 19.8 Å². The van der Waals surface area contributed by atoms with Gasteiger partial charge in [-0.05, 0) is 12.5 Å². The number of hydrogen-bond acceptors (Lipinski definition) is 1. The molecule has 1 rings (SSSR count). The average molecular weight is 166 g/mol. The topological polar surface area (TPSA) is 34.0 Å². The lowest BCUT2D eigenvalue weighted by Gasteiger charge is -1.99. The number of carbonyl (C=O) groups excluding carboxylic acids is 1. The molecule has 0 aromatic carbocycles. The largest absolute Gasteiger partial charge is 0.355 e. The molecule has 0 unspecified atom stereocenters. The molecule has 0 fully saturated rings. The summed E-state index contributed by atoms with van der Waals surface area (Å²) in [6, 6.07) is 1.88. The molecule has 3 nitrogen and oxygen atoms in total. The molecular formula is C9H14N2O. The van der Waals surface area contributed by atoms with Gasteiger partial charge in [-0.25, -0.2) is 0 Å². The molecular weight excluding hydrogens is 152 g/mol. The zero-order valence-corrected chi connectivity index (χ0v) is 7.50. The zero-order valence-electron chi connectivity index (χ0n) is 7.50. The highest BCUT2D eigenvalue weighted by molar-refractivity contribution is 5.90. The van der Waals surface area contributed by atoms with Gasteiger partial charge in [0.2, 0.25) is 5.91 Å². The first kappa shape index (κ1) is 8.84. The van der Waals surface area contributed by atoms with Gasteiger partial charge >= 0.3 is 0 Å². The Bertz CT molecular complexity index is 265. The normalized spacial score (nSPS) is 9.83. The van der Waals surface area contributed by atoms with Gasteiger partial charge in [0, 0.05) is 25.9 Å². The third-order valence-electron chi connectivity index (χ3n) is 1.59. The molecule has 1 N–H and O–H groups in total. The number of aromatic nitrogens is 1. The van der Waals surface area contributed by atoms with E-state index >= 15 is 0 Å². The molecule has 0 atom stereocenters. The highest BCUT2D eigenvalue weighted by Crippen LogP contribution is 2.06. The van der Waals surface area contributed by atoms with Gasteiger partial charge in [0.25, 0.3) is 0 Å². The van der Waals surface area contributed by atoms with E-state index in [1.165, 1.54) is 0 Å². The van der Waals surface area contributed by atoms with Crippen LogP contribution in [0.25, 0.3) is 0 Å². The number of carbonyl (C=O) groups is 1. The second-order valence-corrected chi connectivity index (χ2v) is 2.86. The maximum Gasteiger partial charge on any atom is 0.224 e. The van der Waals surface area contributed by atoms with Crippen molar-refractivity contribution in [2.75, 3.05) is 5.32 Å². The van der Waals surface area contributed by atoms with Crippen molar-refractivity contribution in [3.8, 4) is 0 Å². The molecule has 0 spiro atoms. The van der Waals surface area contributed by atoms with Crippen molar-refractivity contribution in [3.63, 3.8) is 0 Å². The number of nitrogens with one attached hydrogen (secondary N) is 1. The summed E-state index contributed by atoms with van der Waals surface area (Å²) in [6.45, 7) is 1.99. The molecule has 66 valence electrons. The standard InChI is InChI=1S/C9H14N2O/c1-3-4-9(12)10-8-5-6-11(2)7-8/h5-7H,3-4H2,1-2H3,(H,10,12). The minimum Gasteiger partial charge on any atom is -0.355 e. The maximum absolute atomic E-state index is 11.1. The fourth-order valence-corrected chi connectivity index (χ4v) is 1.03. The van der Waals surface area contributed by atoms with Gasteiger partial charge in [0.1, 0.15) is 0 Å². The summed E-state index contributed by atoms with van der Waals surface area (Å²) in [5, 5.41) is 2.80. The van der Waals surface area contributed by atoms with Crippen molar-refractivity contribution in [1.82, 2.24) is 4.57 Å². The Balaban J connectivity index is 2.46. The second-order valence-electron chi connectivity index (χ2n) is 2.86. The van der Waals surface area contributed by atoms with Crippen molar-refractivity contribution in [2.24, 2.45) is 7.05 Å². The highest BCUT2D eigenvalue weighted by Gasteiger charge is 2.00. The Morgan fingerprint density at radius 2 is 2.42 bits per heavy atom. The fourth-order valence-electron chi connectivity index (χ4n) is 1.03. The van der Waals surface area contributed by atoms with Crippen LogP contribution in [0.4, 0.5) is 5.69 Å². The first-order chi connectivity index (χ1) is 5.72. The lowest BCUT2D eigenvalue weighted by Crippen LogP contribution is -2.09. The Morgan fingerprint density at radius 1 is 1.67 bits per heavy atom. The number of amides is 1. The van der Waals surface area contributed by atoms with Crippen LogP contribution in [0.5, 0.6) is 0 Å². The van der Waals surface area contributed by atoms with E-state index in [1.54, 1.807) is 0 Å². The summed E-state index contributed by atoms with van der Waals surface area (Å²) in [6.07, 6.45) is 5.27. The third kappa shape index (κ3) is 2.42. The molecule has 12 heavy (non-hydrogen) atoms. The molecule has 3 heteroatoms. The van der Waals surface area contributed by atoms with Crippen molar-refractivity contribution >= 4 is 11.6 Å². The van der Waals surface area contributed by atoms with Gasteiger partial charge in [-0.1, -0.05) is 6.92 Å². The predicted octanol–water partition coefficient (Wildman–Crippen LogP) is 1.76. The van der Waals surface area contributed by atoms with Crippen LogP contribution in [-0.2, 0) is 11.8 Å². The van der Waals surface area contributed by atoms with Crippen LogP contribution in [0, 0.1) is 0 Å². The average Bonchev–Trinajstić information content (AvgIpc) is 2.36. The van der Waals surface area contributed by atoms with Crippen LogP contribution >= 0.6 is 0 Å². The van der Waals surface area contributed by atoms with E-state index in [9.17, 15) is 4.79 Å². The van der Waals surface area contributed by atoms with E-state index in [0.717, 1.165) is 12.1 Å². The van der Waals surface area contributed by atoms with E-state index in [0.29, 0.717) is 6.42 Å². The molecule has 0 saturated carbocycles. The Morgan fingerprint density at radius 3 is 2.92 bits per heavy atom. The summed E-state index contributed by atoms with van der Waals surface area (Å²) in [5.41, 5.74) is 0.871. The van der Waals surface area contributed by atoms with Gasteiger partial charge in [0.15, 0.2) is 0 Å². The van der Waals surface area contributed by atoms with Crippen molar-refractivity contribution in [3.05, 3.63) is 18.5 Å². The zero-order chi connectivity index (χ0) is 8.97.